The zero-order chi connectivity index (χ0) is 13.0. The number of nitrogen functional groups attached to an aromatic ring is 1. The van der Waals surface area contributed by atoms with E-state index in [1.54, 1.807) is 18.3 Å². The van der Waals surface area contributed by atoms with Gasteiger partial charge >= 0.3 is 0 Å². The minimum atomic E-state index is 0.294. The van der Waals surface area contributed by atoms with Crippen LogP contribution in [0, 0.1) is 6.92 Å². The number of phenols is 1. The average molecular weight is 243 g/mol. The van der Waals surface area contributed by atoms with Crippen LogP contribution in [0.4, 0.5) is 11.5 Å². The summed E-state index contributed by atoms with van der Waals surface area (Å²) in [5.41, 5.74) is 8.54. The van der Waals surface area contributed by atoms with Crippen molar-refractivity contribution in [2.75, 3.05) is 17.6 Å². The van der Waals surface area contributed by atoms with Gasteiger partial charge in [-0.15, -0.1) is 0 Å². The van der Waals surface area contributed by atoms with Crippen LogP contribution in [0.2, 0.25) is 0 Å². The zero-order valence-electron chi connectivity index (χ0n) is 10.4. The monoisotopic (exact) mass is 243 g/mol. The van der Waals surface area contributed by atoms with E-state index in [0.29, 0.717) is 11.4 Å². The summed E-state index contributed by atoms with van der Waals surface area (Å²) in [5.74, 6) is 1.16. The molecule has 0 amide bonds. The van der Waals surface area contributed by atoms with E-state index in [-0.39, 0.29) is 0 Å². The second kappa shape index (κ2) is 5.40. The number of nitrogens with one attached hydrogen (secondary N) is 1. The van der Waals surface area contributed by atoms with Crippen molar-refractivity contribution in [1.29, 1.82) is 0 Å². The molecule has 1 aromatic heterocycles. The number of hydrogen-bond donors (Lipinski definition) is 3. The molecule has 2 aromatic rings. The van der Waals surface area contributed by atoms with Crippen LogP contribution in [0.15, 0.2) is 36.5 Å². The second-order valence-corrected chi connectivity index (χ2v) is 4.28. The topological polar surface area (TPSA) is 71.2 Å². The zero-order valence-corrected chi connectivity index (χ0v) is 10.4. The molecule has 1 heterocycles. The Morgan fingerprint density at radius 2 is 2.00 bits per heavy atom. The third-order valence-electron chi connectivity index (χ3n) is 2.74. The van der Waals surface area contributed by atoms with Crippen LogP contribution in [0.5, 0.6) is 5.75 Å². The molecule has 18 heavy (non-hydrogen) atoms. The van der Waals surface area contributed by atoms with Crippen LogP contribution < -0.4 is 11.1 Å². The van der Waals surface area contributed by atoms with Crippen LogP contribution >= 0.6 is 0 Å². The first-order valence-electron chi connectivity index (χ1n) is 5.89. The van der Waals surface area contributed by atoms with Gasteiger partial charge in [-0.1, -0.05) is 12.1 Å². The SMILES string of the molecule is Cc1cc(N)cnc1NCCc1ccc(O)cc1. The molecule has 0 unspecified atom stereocenters. The van der Waals surface area contributed by atoms with Crippen LogP contribution in [0.3, 0.4) is 0 Å². The molecule has 0 saturated heterocycles. The fraction of sp³-hybridized carbons (Fsp3) is 0.214. The third kappa shape index (κ3) is 3.13. The summed E-state index contributed by atoms with van der Waals surface area (Å²) in [7, 11) is 0. The van der Waals surface area contributed by atoms with Crippen molar-refractivity contribution in [3.8, 4) is 5.75 Å². The maximum absolute atomic E-state index is 9.19. The summed E-state index contributed by atoms with van der Waals surface area (Å²) in [5, 5.41) is 12.5. The summed E-state index contributed by atoms with van der Waals surface area (Å²) in [6.07, 6.45) is 2.53. The largest absolute Gasteiger partial charge is 0.508 e. The van der Waals surface area contributed by atoms with Gasteiger partial charge in [-0.25, -0.2) is 4.98 Å². The van der Waals surface area contributed by atoms with Crippen molar-refractivity contribution in [3.05, 3.63) is 47.7 Å². The Morgan fingerprint density at radius 3 is 2.67 bits per heavy atom. The van der Waals surface area contributed by atoms with Crippen molar-refractivity contribution < 1.29 is 5.11 Å². The Hall–Kier alpha value is -2.23. The van der Waals surface area contributed by atoms with Gasteiger partial charge in [-0.05, 0) is 42.7 Å². The van der Waals surface area contributed by atoms with E-state index in [1.165, 1.54) is 5.56 Å². The Morgan fingerprint density at radius 1 is 1.28 bits per heavy atom. The fourth-order valence-corrected chi connectivity index (χ4v) is 1.77. The predicted molar refractivity (Wildman–Crippen MR) is 73.7 cm³/mol. The Balaban J connectivity index is 1.90. The van der Waals surface area contributed by atoms with E-state index < -0.39 is 0 Å². The second-order valence-electron chi connectivity index (χ2n) is 4.28. The number of anilines is 2. The Labute approximate surface area is 106 Å². The highest BCUT2D eigenvalue weighted by molar-refractivity contribution is 5.50. The Bertz CT molecular complexity index is 523. The molecule has 0 aliphatic rings. The molecule has 0 aliphatic heterocycles. The minimum absolute atomic E-state index is 0.294. The molecule has 0 spiro atoms. The van der Waals surface area contributed by atoms with E-state index in [4.69, 9.17) is 5.73 Å². The third-order valence-corrected chi connectivity index (χ3v) is 2.74. The standard InChI is InChI=1S/C14H17N3O/c1-10-8-12(15)9-17-14(10)16-7-6-11-2-4-13(18)5-3-11/h2-5,8-9,18H,6-7,15H2,1H3,(H,16,17). The molecule has 4 nitrogen and oxygen atoms in total. The van der Waals surface area contributed by atoms with Gasteiger partial charge in [0.1, 0.15) is 11.6 Å². The van der Waals surface area contributed by atoms with Crippen molar-refractivity contribution in [2.24, 2.45) is 0 Å². The molecular weight excluding hydrogens is 226 g/mol. The van der Waals surface area contributed by atoms with Crippen LogP contribution in [-0.2, 0) is 6.42 Å². The molecule has 2 rings (SSSR count). The normalized spacial score (nSPS) is 10.3. The molecule has 0 fully saturated rings. The smallest absolute Gasteiger partial charge is 0.129 e. The lowest BCUT2D eigenvalue weighted by Crippen LogP contribution is -2.07. The number of aromatic hydroxyl groups is 1. The maximum atomic E-state index is 9.19. The van der Waals surface area contributed by atoms with E-state index in [1.807, 2.05) is 25.1 Å². The van der Waals surface area contributed by atoms with Gasteiger partial charge in [0.05, 0.1) is 11.9 Å². The predicted octanol–water partition coefficient (Wildman–Crippen LogP) is 2.33. The van der Waals surface area contributed by atoms with Crippen LogP contribution in [0.25, 0.3) is 0 Å². The number of aryl methyl sites for hydroxylation is 1. The van der Waals surface area contributed by atoms with Crippen molar-refractivity contribution in [3.63, 3.8) is 0 Å². The summed E-state index contributed by atoms with van der Waals surface area (Å²) < 4.78 is 0. The highest BCUT2D eigenvalue weighted by Crippen LogP contribution is 2.14. The molecule has 0 bridgehead atoms. The number of rotatable bonds is 4. The highest BCUT2D eigenvalue weighted by Gasteiger charge is 2.00. The molecule has 0 aliphatic carbocycles. The molecule has 0 atom stereocenters. The highest BCUT2D eigenvalue weighted by atomic mass is 16.3. The van der Waals surface area contributed by atoms with Crippen molar-refractivity contribution in [1.82, 2.24) is 4.98 Å². The summed E-state index contributed by atoms with van der Waals surface area (Å²) in [4.78, 5) is 4.25. The van der Waals surface area contributed by atoms with Gasteiger partial charge in [0.2, 0.25) is 0 Å². The first-order chi connectivity index (χ1) is 8.65. The minimum Gasteiger partial charge on any atom is -0.508 e. The maximum Gasteiger partial charge on any atom is 0.129 e. The first kappa shape index (κ1) is 12.2. The van der Waals surface area contributed by atoms with Crippen LogP contribution in [-0.4, -0.2) is 16.6 Å². The molecule has 4 heteroatoms. The van der Waals surface area contributed by atoms with Gasteiger partial charge in [0.25, 0.3) is 0 Å². The van der Waals surface area contributed by atoms with Crippen molar-refractivity contribution >= 4 is 11.5 Å². The number of benzene rings is 1. The van der Waals surface area contributed by atoms with Gasteiger partial charge in [0, 0.05) is 6.54 Å². The van der Waals surface area contributed by atoms with Gasteiger partial charge in [-0.2, -0.15) is 0 Å². The summed E-state index contributed by atoms with van der Waals surface area (Å²) in [6, 6.07) is 9.13. The van der Waals surface area contributed by atoms with Crippen molar-refractivity contribution in [2.45, 2.75) is 13.3 Å². The van der Waals surface area contributed by atoms with Gasteiger partial charge < -0.3 is 16.2 Å². The molecule has 0 saturated carbocycles. The fourth-order valence-electron chi connectivity index (χ4n) is 1.77. The first-order valence-corrected chi connectivity index (χ1v) is 5.89. The number of pyridine rings is 1. The molecule has 0 radical (unpaired) electrons. The number of nitrogens with zero attached hydrogens (tertiary/aromatic N) is 1. The van der Waals surface area contributed by atoms with E-state index in [0.717, 1.165) is 24.3 Å². The molecule has 1 aromatic carbocycles. The number of nitrogens with two attached hydrogens (primary N) is 1. The lowest BCUT2D eigenvalue weighted by Gasteiger charge is -2.09. The summed E-state index contributed by atoms with van der Waals surface area (Å²) in [6.45, 7) is 2.77. The lowest BCUT2D eigenvalue weighted by molar-refractivity contribution is 0.475. The van der Waals surface area contributed by atoms with E-state index in [9.17, 15) is 5.11 Å². The summed E-state index contributed by atoms with van der Waals surface area (Å²) >= 11 is 0. The Kier molecular flexibility index (Phi) is 3.67. The quantitative estimate of drug-likeness (QED) is 0.770. The van der Waals surface area contributed by atoms with Crippen LogP contribution in [0.1, 0.15) is 11.1 Å². The van der Waals surface area contributed by atoms with E-state index >= 15 is 0 Å². The average Bonchev–Trinajstić information content (AvgIpc) is 2.34. The van der Waals surface area contributed by atoms with Gasteiger partial charge in [-0.3, -0.25) is 0 Å². The molecule has 4 N–H and O–H groups in total. The lowest BCUT2D eigenvalue weighted by atomic mass is 10.1. The number of aromatic nitrogens is 1. The number of hydrogen-bond acceptors (Lipinski definition) is 4. The molecular formula is C14H17N3O. The molecule has 94 valence electrons. The van der Waals surface area contributed by atoms with Gasteiger partial charge in [0.15, 0.2) is 0 Å². The van der Waals surface area contributed by atoms with E-state index in [2.05, 4.69) is 10.3 Å². The number of phenolic OH excluding ortho intramolecular Hbond substituents is 1.